The summed E-state index contributed by atoms with van der Waals surface area (Å²) in [6.45, 7) is 4.06. The predicted molar refractivity (Wildman–Crippen MR) is 233 cm³/mol. The molecule has 4 atom stereocenters. The first-order chi connectivity index (χ1) is 26.5. The zero-order valence-electron chi connectivity index (χ0n) is 36.2. The topological polar surface area (TPSA) is 110 Å². The first kappa shape index (κ1) is 53.0. The van der Waals surface area contributed by atoms with Gasteiger partial charge in [0.15, 0.2) is 0 Å². The Bertz CT molecular complexity index is 776. The van der Waals surface area contributed by atoms with Crippen LogP contribution in [-0.4, -0.2) is 57.3 Å². The largest absolute Gasteiger partial charge is 0.394 e. The van der Waals surface area contributed by atoms with Gasteiger partial charge in [-0.1, -0.05) is 231 Å². The van der Waals surface area contributed by atoms with E-state index in [1.807, 2.05) is 0 Å². The molecule has 0 aliphatic heterocycles. The minimum Gasteiger partial charge on any atom is -0.394 e. The van der Waals surface area contributed by atoms with Gasteiger partial charge >= 0.3 is 0 Å². The molecule has 0 saturated carbocycles. The highest BCUT2D eigenvalue weighted by molar-refractivity contribution is 5.80. The van der Waals surface area contributed by atoms with Crippen molar-refractivity contribution in [1.82, 2.24) is 5.32 Å². The van der Waals surface area contributed by atoms with E-state index in [4.69, 9.17) is 0 Å². The van der Waals surface area contributed by atoms with Crippen molar-refractivity contribution < 1.29 is 25.2 Å². The minimum atomic E-state index is -1.28. The lowest BCUT2D eigenvalue weighted by atomic mass is 10.00. The van der Waals surface area contributed by atoms with Gasteiger partial charge in [-0.25, -0.2) is 0 Å². The van der Waals surface area contributed by atoms with E-state index in [2.05, 4.69) is 31.3 Å². The lowest BCUT2D eigenvalue weighted by molar-refractivity contribution is -0.132. The number of aliphatic hydroxyl groups excluding tert-OH is 4. The third-order valence-electron chi connectivity index (χ3n) is 11.5. The van der Waals surface area contributed by atoms with Gasteiger partial charge in [-0.3, -0.25) is 4.79 Å². The molecule has 1 amide bonds. The van der Waals surface area contributed by atoms with Crippen LogP contribution in [0.3, 0.4) is 0 Å². The fourth-order valence-corrected chi connectivity index (χ4v) is 7.64. The van der Waals surface area contributed by atoms with E-state index in [1.54, 1.807) is 0 Å². The highest BCUT2D eigenvalue weighted by Gasteiger charge is 2.28. The molecular weight excluding hydrogens is 671 g/mol. The fraction of sp³-hybridized carbons (Fsp3) is 0.938. The van der Waals surface area contributed by atoms with Crippen LogP contribution in [0, 0.1) is 0 Å². The van der Waals surface area contributed by atoms with Crippen molar-refractivity contribution in [2.75, 3.05) is 6.61 Å². The van der Waals surface area contributed by atoms with Gasteiger partial charge in [0.25, 0.3) is 0 Å². The molecule has 0 aliphatic rings. The summed E-state index contributed by atoms with van der Waals surface area (Å²) in [5, 5.41) is 43.7. The molecule has 0 aromatic carbocycles. The van der Waals surface area contributed by atoms with Crippen LogP contribution in [0.4, 0.5) is 0 Å². The Morgan fingerprint density at radius 1 is 0.444 bits per heavy atom. The number of carbonyl (C=O) groups is 1. The Morgan fingerprint density at radius 2 is 0.759 bits per heavy atom. The molecule has 0 radical (unpaired) electrons. The van der Waals surface area contributed by atoms with Gasteiger partial charge in [-0.05, 0) is 38.5 Å². The summed E-state index contributed by atoms with van der Waals surface area (Å²) < 4.78 is 0. The molecule has 54 heavy (non-hydrogen) atoms. The molecular formula is C48H95NO5. The number of nitrogens with one attached hydrogen (secondary N) is 1. The molecule has 0 spiro atoms. The Kier molecular flexibility index (Phi) is 42.4. The van der Waals surface area contributed by atoms with Crippen LogP contribution in [-0.2, 0) is 4.79 Å². The van der Waals surface area contributed by atoms with Crippen LogP contribution in [0.15, 0.2) is 12.2 Å². The Morgan fingerprint density at radius 3 is 1.11 bits per heavy atom. The van der Waals surface area contributed by atoms with Crippen molar-refractivity contribution >= 4 is 5.91 Å². The number of unbranched alkanes of at least 4 members (excludes halogenated alkanes) is 33. The van der Waals surface area contributed by atoms with Crippen molar-refractivity contribution in [3.8, 4) is 0 Å². The number of rotatable bonds is 44. The lowest BCUT2D eigenvalue weighted by Gasteiger charge is -2.27. The van der Waals surface area contributed by atoms with Gasteiger partial charge in [0.1, 0.15) is 12.2 Å². The van der Waals surface area contributed by atoms with Crippen LogP contribution < -0.4 is 5.32 Å². The third kappa shape index (κ3) is 36.7. The van der Waals surface area contributed by atoms with Crippen molar-refractivity contribution in [2.45, 2.75) is 282 Å². The Hall–Kier alpha value is -0.950. The van der Waals surface area contributed by atoms with E-state index in [0.717, 1.165) is 38.5 Å². The number of carbonyl (C=O) groups excluding carboxylic acids is 1. The van der Waals surface area contributed by atoms with Gasteiger partial charge in [0, 0.05) is 0 Å². The van der Waals surface area contributed by atoms with Crippen molar-refractivity contribution in [3.63, 3.8) is 0 Å². The molecule has 0 rings (SSSR count). The normalized spacial score (nSPS) is 14.1. The van der Waals surface area contributed by atoms with Gasteiger partial charge in [-0.2, -0.15) is 0 Å². The highest BCUT2D eigenvalue weighted by Crippen LogP contribution is 2.17. The number of amides is 1. The lowest BCUT2D eigenvalue weighted by Crippen LogP contribution is -2.53. The SMILES string of the molecule is CCCCCCCCCCCCC/C=C/CCCC(O)C(O)C(CO)NC(=O)C(O)CCCCCCCCCCCCCCCCCCCCCCCC. The highest BCUT2D eigenvalue weighted by atomic mass is 16.3. The van der Waals surface area contributed by atoms with E-state index in [9.17, 15) is 25.2 Å². The van der Waals surface area contributed by atoms with Gasteiger partial charge in [-0.15, -0.1) is 0 Å². The average molecular weight is 766 g/mol. The molecule has 0 aromatic heterocycles. The zero-order valence-corrected chi connectivity index (χ0v) is 36.2. The smallest absolute Gasteiger partial charge is 0.249 e. The van der Waals surface area contributed by atoms with Crippen LogP contribution >= 0.6 is 0 Å². The molecule has 0 aromatic rings. The molecule has 6 nitrogen and oxygen atoms in total. The number of hydrogen-bond acceptors (Lipinski definition) is 5. The summed E-state index contributed by atoms with van der Waals surface area (Å²) >= 11 is 0. The Labute approximate surface area is 336 Å². The third-order valence-corrected chi connectivity index (χ3v) is 11.5. The van der Waals surface area contributed by atoms with E-state index < -0.39 is 36.9 Å². The molecule has 0 fully saturated rings. The summed E-state index contributed by atoms with van der Waals surface area (Å²) in [5.74, 6) is -0.589. The van der Waals surface area contributed by atoms with Gasteiger partial charge in [0.05, 0.1) is 18.8 Å². The van der Waals surface area contributed by atoms with Gasteiger partial charge in [0.2, 0.25) is 5.91 Å². The number of allylic oxidation sites excluding steroid dienone is 2. The quantitative estimate of drug-likeness (QED) is 0.0313. The van der Waals surface area contributed by atoms with Crippen molar-refractivity contribution in [3.05, 3.63) is 12.2 Å². The minimum absolute atomic E-state index is 0.368. The van der Waals surface area contributed by atoms with E-state index >= 15 is 0 Å². The first-order valence-electron chi connectivity index (χ1n) is 24.1. The molecule has 4 unspecified atom stereocenters. The summed E-state index contributed by atoms with van der Waals surface area (Å²) in [6, 6.07) is -0.997. The average Bonchev–Trinajstić information content (AvgIpc) is 3.18. The monoisotopic (exact) mass is 766 g/mol. The van der Waals surface area contributed by atoms with E-state index in [-0.39, 0.29) is 0 Å². The van der Waals surface area contributed by atoms with E-state index in [0.29, 0.717) is 12.8 Å². The van der Waals surface area contributed by atoms with Gasteiger partial charge < -0.3 is 25.7 Å². The molecule has 0 saturated heterocycles. The molecule has 0 aliphatic carbocycles. The zero-order chi connectivity index (χ0) is 39.6. The summed E-state index contributed by atoms with van der Waals surface area (Å²) in [5.41, 5.74) is 0. The van der Waals surface area contributed by atoms with Crippen molar-refractivity contribution in [1.29, 1.82) is 0 Å². The molecule has 0 bridgehead atoms. The first-order valence-corrected chi connectivity index (χ1v) is 24.1. The second-order valence-electron chi connectivity index (χ2n) is 16.8. The molecule has 0 heterocycles. The maximum absolute atomic E-state index is 12.5. The van der Waals surface area contributed by atoms with Crippen LogP contribution in [0.25, 0.3) is 0 Å². The maximum atomic E-state index is 12.5. The van der Waals surface area contributed by atoms with Crippen LogP contribution in [0.2, 0.25) is 0 Å². The van der Waals surface area contributed by atoms with E-state index in [1.165, 1.54) is 193 Å². The van der Waals surface area contributed by atoms with Crippen molar-refractivity contribution in [2.24, 2.45) is 0 Å². The second-order valence-corrected chi connectivity index (χ2v) is 16.8. The number of hydrogen-bond donors (Lipinski definition) is 5. The summed E-state index contributed by atoms with van der Waals surface area (Å²) in [7, 11) is 0. The molecule has 322 valence electrons. The molecule has 6 heteroatoms. The maximum Gasteiger partial charge on any atom is 0.249 e. The predicted octanol–water partition coefficient (Wildman–Crippen LogP) is 13.0. The Balaban J connectivity index is 3.68. The summed E-state index contributed by atoms with van der Waals surface area (Å²) in [4.78, 5) is 12.5. The number of aliphatic hydroxyl groups is 4. The second kappa shape index (κ2) is 43.2. The fourth-order valence-electron chi connectivity index (χ4n) is 7.64. The standard InChI is InChI=1S/C48H95NO5/c1-3-5-7-9-11-13-15-17-19-21-22-23-24-25-26-28-30-32-34-36-38-40-42-46(52)48(54)49-44(43-50)47(53)45(51)41-39-37-35-33-31-29-27-20-18-16-14-12-10-8-6-4-2/h33,35,44-47,50-53H,3-32,34,36-43H2,1-2H3,(H,49,54)/b35-33+. The van der Waals surface area contributed by atoms with Crippen LogP contribution in [0.5, 0.6) is 0 Å². The molecule has 5 N–H and O–H groups in total. The van der Waals surface area contributed by atoms with Crippen LogP contribution in [0.1, 0.15) is 258 Å². The summed E-state index contributed by atoms with van der Waals surface area (Å²) in [6.07, 6.45) is 48.3.